The topological polar surface area (TPSA) is 0 Å². The molecule has 0 aliphatic rings. The maximum atomic E-state index is 2.35. The summed E-state index contributed by atoms with van der Waals surface area (Å²) in [4.78, 5) is 0. The van der Waals surface area contributed by atoms with E-state index < -0.39 is 0 Å². The van der Waals surface area contributed by atoms with Crippen molar-refractivity contribution in [2.75, 3.05) is 0 Å². The lowest BCUT2D eigenvalue weighted by atomic mass is 9.94. The molecule has 0 N–H and O–H groups in total. The van der Waals surface area contributed by atoms with Gasteiger partial charge in [0, 0.05) is 5.92 Å². The van der Waals surface area contributed by atoms with E-state index in [1.165, 1.54) is 18.4 Å². The fourth-order valence-corrected chi connectivity index (χ4v) is 1.69. The van der Waals surface area contributed by atoms with Crippen molar-refractivity contribution in [3.63, 3.8) is 0 Å². The van der Waals surface area contributed by atoms with Crippen LogP contribution < -0.4 is 0 Å². The molecule has 0 amide bonds. The van der Waals surface area contributed by atoms with Gasteiger partial charge in [-0.3, -0.25) is 0 Å². The van der Waals surface area contributed by atoms with Crippen molar-refractivity contribution < 1.29 is 0 Å². The largest absolute Gasteiger partial charge is 0.0882 e. The molecule has 0 aliphatic heterocycles. The first-order valence-corrected chi connectivity index (χ1v) is 5.60. The third kappa shape index (κ3) is 3.37. The highest BCUT2D eigenvalue weighted by atomic mass is 14.1. The van der Waals surface area contributed by atoms with Gasteiger partial charge in [0.25, 0.3) is 0 Å². The molecule has 0 aliphatic carbocycles. The summed E-state index contributed by atoms with van der Waals surface area (Å²) >= 11 is 0. The van der Waals surface area contributed by atoms with Crippen LogP contribution in [0, 0.1) is 0 Å². The molecular formula is C14H20. The Morgan fingerprint density at radius 3 is 2.43 bits per heavy atom. The first kappa shape index (κ1) is 11.0. The highest BCUT2D eigenvalue weighted by Gasteiger charge is 2.04. The normalized spacial score (nSPS) is 13.3. The molecule has 0 saturated carbocycles. The van der Waals surface area contributed by atoms with Crippen molar-refractivity contribution in [2.24, 2.45) is 0 Å². The first-order chi connectivity index (χ1) is 6.88. The SMILES string of the molecule is CC/C=C\C(CCC)c1ccccc1. The van der Waals surface area contributed by atoms with Crippen LogP contribution in [0.3, 0.4) is 0 Å². The molecule has 14 heavy (non-hydrogen) atoms. The zero-order chi connectivity index (χ0) is 10.2. The predicted molar refractivity (Wildman–Crippen MR) is 63.5 cm³/mol. The van der Waals surface area contributed by atoms with Gasteiger partial charge in [-0.2, -0.15) is 0 Å². The minimum Gasteiger partial charge on any atom is -0.0882 e. The van der Waals surface area contributed by atoms with E-state index in [9.17, 15) is 0 Å². The number of hydrogen-bond acceptors (Lipinski definition) is 0. The van der Waals surface area contributed by atoms with E-state index in [-0.39, 0.29) is 0 Å². The van der Waals surface area contributed by atoms with E-state index >= 15 is 0 Å². The molecule has 1 aromatic rings. The summed E-state index contributed by atoms with van der Waals surface area (Å²) in [6.45, 7) is 4.43. The predicted octanol–water partition coefficient (Wildman–Crippen LogP) is 4.54. The highest BCUT2D eigenvalue weighted by Crippen LogP contribution is 2.22. The Morgan fingerprint density at radius 2 is 1.86 bits per heavy atom. The summed E-state index contributed by atoms with van der Waals surface area (Å²) in [5.74, 6) is 0.612. The monoisotopic (exact) mass is 188 g/mol. The van der Waals surface area contributed by atoms with Gasteiger partial charge >= 0.3 is 0 Å². The molecule has 0 bridgehead atoms. The van der Waals surface area contributed by atoms with Crippen molar-refractivity contribution >= 4 is 0 Å². The number of rotatable bonds is 5. The Balaban J connectivity index is 2.72. The smallest absolute Gasteiger partial charge is 0.00178 e. The van der Waals surface area contributed by atoms with Gasteiger partial charge in [0.1, 0.15) is 0 Å². The third-order valence-electron chi connectivity index (χ3n) is 2.43. The molecule has 1 unspecified atom stereocenters. The second-order valence-corrected chi connectivity index (χ2v) is 3.64. The van der Waals surface area contributed by atoms with Gasteiger partial charge in [-0.05, 0) is 18.4 Å². The van der Waals surface area contributed by atoms with Crippen LogP contribution in [-0.4, -0.2) is 0 Å². The lowest BCUT2D eigenvalue weighted by Gasteiger charge is -2.11. The lowest BCUT2D eigenvalue weighted by molar-refractivity contribution is 0.715. The van der Waals surface area contributed by atoms with E-state index in [0.717, 1.165) is 6.42 Å². The van der Waals surface area contributed by atoms with Crippen LogP contribution in [-0.2, 0) is 0 Å². The third-order valence-corrected chi connectivity index (χ3v) is 2.43. The molecule has 1 rings (SSSR count). The van der Waals surface area contributed by atoms with E-state index in [1.54, 1.807) is 0 Å². The minimum atomic E-state index is 0.612. The molecule has 0 heterocycles. The van der Waals surface area contributed by atoms with E-state index in [2.05, 4.69) is 56.3 Å². The molecule has 0 saturated heterocycles. The van der Waals surface area contributed by atoms with Crippen LogP contribution in [0.5, 0.6) is 0 Å². The molecule has 0 heteroatoms. The van der Waals surface area contributed by atoms with E-state index in [4.69, 9.17) is 0 Å². The molecule has 0 spiro atoms. The van der Waals surface area contributed by atoms with E-state index in [1.807, 2.05) is 0 Å². The van der Waals surface area contributed by atoms with Crippen molar-refractivity contribution in [3.05, 3.63) is 48.0 Å². The van der Waals surface area contributed by atoms with Gasteiger partial charge in [-0.25, -0.2) is 0 Å². The van der Waals surface area contributed by atoms with Crippen molar-refractivity contribution in [1.82, 2.24) is 0 Å². The molecule has 1 aromatic carbocycles. The van der Waals surface area contributed by atoms with Gasteiger partial charge in [0.15, 0.2) is 0 Å². The van der Waals surface area contributed by atoms with Gasteiger partial charge in [-0.15, -0.1) is 0 Å². The van der Waals surface area contributed by atoms with Crippen LogP contribution in [0.15, 0.2) is 42.5 Å². The summed E-state index contributed by atoms with van der Waals surface area (Å²) in [5.41, 5.74) is 1.44. The molecule has 0 radical (unpaired) electrons. The Labute approximate surface area is 87.7 Å². The summed E-state index contributed by atoms with van der Waals surface area (Å²) in [7, 11) is 0. The summed E-state index contributed by atoms with van der Waals surface area (Å²) < 4.78 is 0. The van der Waals surface area contributed by atoms with Crippen molar-refractivity contribution in [2.45, 2.75) is 39.0 Å². The molecule has 0 fully saturated rings. The van der Waals surface area contributed by atoms with Gasteiger partial charge in [0.05, 0.1) is 0 Å². The second kappa shape index (κ2) is 6.42. The molecule has 0 aromatic heterocycles. The zero-order valence-corrected chi connectivity index (χ0v) is 9.24. The Kier molecular flexibility index (Phi) is 5.06. The molecule has 76 valence electrons. The van der Waals surface area contributed by atoms with Crippen molar-refractivity contribution in [1.29, 1.82) is 0 Å². The van der Waals surface area contributed by atoms with Crippen LogP contribution >= 0.6 is 0 Å². The zero-order valence-electron chi connectivity index (χ0n) is 9.24. The number of hydrogen-bond donors (Lipinski definition) is 0. The van der Waals surface area contributed by atoms with E-state index in [0.29, 0.717) is 5.92 Å². The summed E-state index contributed by atoms with van der Waals surface area (Å²) in [6, 6.07) is 10.8. The molecule has 0 nitrogen and oxygen atoms in total. The maximum Gasteiger partial charge on any atom is 0.00178 e. The van der Waals surface area contributed by atoms with Gasteiger partial charge < -0.3 is 0 Å². The summed E-state index contributed by atoms with van der Waals surface area (Å²) in [5, 5.41) is 0. The van der Waals surface area contributed by atoms with Crippen LogP contribution in [0.4, 0.5) is 0 Å². The quantitative estimate of drug-likeness (QED) is 0.595. The standard InChI is InChI=1S/C14H20/c1-3-5-10-13(9-4-2)14-11-7-6-8-12-14/h5-8,10-13H,3-4,9H2,1-2H3/b10-5-. The maximum absolute atomic E-state index is 2.35. The second-order valence-electron chi connectivity index (χ2n) is 3.64. The number of benzene rings is 1. The Hall–Kier alpha value is -1.04. The van der Waals surface area contributed by atoms with Crippen LogP contribution in [0.1, 0.15) is 44.6 Å². The fourth-order valence-electron chi connectivity index (χ4n) is 1.69. The summed E-state index contributed by atoms with van der Waals surface area (Å²) in [6.07, 6.45) is 8.24. The first-order valence-electron chi connectivity index (χ1n) is 5.60. The highest BCUT2D eigenvalue weighted by molar-refractivity contribution is 5.23. The van der Waals surface area contributed by atoms with Crippen molar-refractivity contribution in [3.8, 4) is 0 Å². The Bertz CT molecular complexity index is 259. The Morgan fingerprint density at radius 1 is 1.14 bits per heavy atom. The van der Waals surface area contributed by atoms with Gasteiger partial charge in [0.2, 0.25) is 0 Å². The fraction of sp³-hybridized carbons (Fsp3) is 0.429. The van der Waals surface area contributed by atoms with Crippen LogP contribution in [0.2, 0.25) is 0 Å². The number of allylic oxidation sites excluding steroid dienone is 2. The molecular weight excluding hydrogens is 168 g/mol. The molecule has 1 atom stereocenters. The lowest BCUT2D eigenvalue weighted by Crippen LogP contribution is -1.93. The average molecular weight is 188 g/mol. The van der Waals surface area contributed by atoms with Gasteiger partial charge in [-0.1, -0.05) is 62.8 Å². The minimum absolute atomic E-state index is 0.612. The van der Waals surface area contributed by atoms with Crippen LogP contribution in [0.25, 0.3) is 0 Å². The average Bonchev–Trinajstić information content (AvgIpc) is 2.25.